The molecule has 0 saturated heterocycles. The highest BCUT2D eigenvalue weighted by molar-refractivity contribution is 7.09. The van der Waals surface area contributed by atoms with E-state index >= 15 is 0 Å². The molecule has 2 aliphatic rings. The smallest absolute Gasteiger partial charge is 0.332 e. The highest BCUT2D eigenvalue weighted by Crippen LogP contribution is 2.31. The van der Waals surface area contributed by atoms with Crippen LogP contribution in [0.15, 0.2) is 17.2 Å². The zero-order valence-corrected chi connectivity index (χ0v) is 9.46. The monoisotopic (exact) mass is 236 g/mol. The molecule has 0 saturated carbocycles. The Bertz CT molecular complexity index is 466. The van der Waals surface area contributed by atoms with Crippen LogP contribution in [0.2, 0.25) is 0 Å². The minimum atomic E-state index is -0.810. The quantitative estimate of drug-likeness (QED) is 0.758. The van der Waals surface area contributed by atoms with E-state index in [0.717, 1.165) is 18.5 Å². The summed E-state index contributed by atoms with van der Waals surface area (Å²) in [5, 5.41) is 12.3. The lowest BCUT2D eigenvalue weighted by Gasteiger charge is -2.33. The Kier molecular flexibility index (Phi) is 2.29. The Morgan fingerprint density at radius 1 is 1.56 bits per heavy atom. The molecule has 0 unspecified atom stereocenters. The third-order valence-electron chi connectivity index (χ3n) is 3.32. The second-order valence-electron chi connectivity index (χ2n) is 4.28. The number of nitrogens with zero attached hydrogens (tertiary/aromatic N) is 1. The van der Waals surface area contributed by atoms with Crippen LogP contribution in [0.25, 0.3) is 0 Å². The highest BCUT2D eigenvalue weighted by atomic mass is 32.1. The average molecular weight is 236 g/mol. The summed E-state index contributed by atoms with van der Waals surface area (Å²) in [6.45, 7) is 0.477. The molecule has 2 atom stereocenters. The first-order valence-corrected chi connectivity index (χ1v) is 6.20. The Balaban J connectivity index is 1.90. The Hall–Kier alpha value is -1.20. The van der Waals surface area contributed by atoms with Crippen molar-refractivity contribution in [1.29, 1.82) is 0 Å². The highest BCUT2D eigenvalue weighted by Gasteiger charge is 2.32. The minimum absolute atomic E-state index is 0.287. The fraction of sp³-hybridized carbons (Fsp3) is 0.455. The number of hydrogen-bond acceptors (Lipinski definition) is 4. The molecule has 84 valence electrons. The zero-order valence-electron chi connectivity index (χ0n) is 8.64. The van der Waals surface area contributed by atoms with Gasteiger partial charge in [-0.3, -0.25) is 0 Å². The predicted molar refractivity (Wildman–Crippen MR) is 60.5 cm³/mol. The van der Waals surface area contributed by atoms with Crippen LogP contribution in [-0.2, 0) is 17.6 Å². The molecule has 4 nitrogen and oxygen atoms in total. The van der Waals surface area contributed by atoms with Crippen molar-refractivity contribution in [2.45, 2.75) is 18.9 Å². The van der Waals surface area contributed by atoms with Gasteiger partial charge < -0.3 is 10.4 Å². The summed E-state index contributed by atoms with van der Waals surface area (Å²) in [6, 6.07) is 0.385. The fourth-order valence-electron chi connectivity index (χ4n) is 2.45. The lowest BCUT2D eigenvalue weighted by molar-refractivity contribution is -0.132. The van der Waals surface area contributed by atoms with E-state index in [4.69, 9.17) is 5.11 Å². The Morgan fingerprint density at radius 2 is 2.44 bits per heavy atom. The van der Waals surface area contributed by atoms with Gasteiger partial charge in [0.15, 0.2) is 0 Å². The van der Waals surface area contributed by atoms with Crippen LogP contribution in [0.5, 0.6) is 0 Å². The molecule has 1 aliphatic heterocycles. The number of thiazole rings is 1. The van der Waals surface area contributed by atoms with Gasteiger partial charge in [0.1, 0.15) is 0 Å². The van der Waals surface area contributed by atoms with Crippen molar-refractivity contribution in [3.05, 3.63) is 27.7 Å². The number of fused-ring (bicyclic) bond motifs is 2. The number of hydrogen-bond donors (Lipinski definition) is 2. The van der Waals surface area contributed by atoms with Crippen LogP contribution in [0.4, 0.5) is 0 Å². The first-order valence-electron chi connectivity index (χ1n) is 5.32. The van der Waals surface area contributed by atoms with Crippen molar-refractivity contribution >= 4 is 17.3 Å². The van der Waals surface area contributed by atoms with Crippen molar-refractivity contribution in [3.63, 3.8) is 0 Å². The van der Waals surface area contributed by atoms with Gasteiger partial charge in [0.05, 0.1) is 11.2 Å². The van der Waals surface area contributed by atoms with E-state index in [1.807, 2.05) is 11.6 Å². The fourth-order valence-corrected chi connectivity index (χ4v) is 3.30. The number of aliphatic carboxylic acids is 1. The van der Waals surface area contributed by atoms with Crippen molar-refractivity contribution in [3.8, 4) is 0 Å². The van der Waals surface area contributed by atoms with Crippen LogP contribution in [0, 0.1) is 5.92 Å². The summed E-state index contributed by atoms with van der Waals surface area (Å²) in [6.07, 6.45) is 3.76. The molecule has 0 spiro atoms. The summed E-state index contributed by atoms with van der Waals surface area (Å²) >= 11 is 1.70. The van der Waals surface area contributed by atoms with E-state index in [0.29, 0.717) is 18.2 Å². The zero-order chi connectivity index (χ0) is 11.1. The molecule has 0 fully saturated rings. The van der Waals surface area contributed by atoms with Gasteiger partial charge in [-0.2, -0.15) is 0 Å². The molecule has 0 aromatic carbocycles. The molecule has 1 aliphatic carbocycles. The summed E-state index contributed by atoms with van der Waals surface area (Å²) in [5.74, 6) is -0.524. The molecule has 1 aromatic heterocycles. The molecule has 0 amide bonds. The average Bonchev–Trinajstić information content (AvgIpc) is 2.71. The van der Waals surface area contributed by atoms with Crippen molar-refractivity contribution < 1.29 is 9.90 Å². The van der Waals surface area contributed by atoms with E-state index in [1.165, 1.54) is 4.88 Å². The Morgan fingerprint density at radius 3 is 3.25 bits per heavy atom. The Labute approximate surface area is 97.0 Å². The topological polar surface area (TPSA) is 62.2 Å². The summed E-state index contributed by atoms with van der Waals surface area (Å²) in [4.78, 5) is 16.6. The largest absolute Gasteiger partial charge is 0.478 e. The van der Waals surface area contributed by atoms with E-state index in [9.17, 15) is 4.79 Å². The molecule has 3 rings (SSSR count). The van der Waals surface area contributed by atoms with Gasteiger partial charge in [-0.1, -0.05) is 6.08 Å². The van der Waals surface area contributed by atoms with Crippen LogP contribution in [0.1, 0.15) is 10.6 Å². The van der Waals surface area contributed by atoms with Gasteiger partial charge in [0, 0.05) is 23.0 Å². The van der Waals surface area contributed by atoms with Gasteiger partial charge in [0.25, 0.3) is 0 Å². The summed E-state index contributed by atoms with van der Waals surface area (Å²) < 4.78 is 0. The number of nitrogens with one attached hydrogen (secondary N) is 1. The minimum Gasteiger partial charge on any atom is -0.478 e. The normalized spacial score (nSPS) is 27.9. The van der Waals surface area contributed by atoms with Crippen LogP contribution >= 0.6 is 11.3 Å². The van der Waals surface area contributed by atoms with E-state index < -0.39 is 5.97 Å². The second-order valence-corrected chi connectivity index (χ2v) is 5.22. The second kappa shape index (κ2) is 3.68. The molecule has 0 radical (unpaired) electrons. The molecule has 0 bridgehead atoms. The van der Waals surface area contributed by atoms with E-state index in [-0.39, 0.29) is 5.92 Å². The van der Waals surface area contributed by atoms with Gasteiger partial charge in [-0.15, -0.1) is 11.3 Å². The predicted octanol–water partition coefficient (Wildman–Crippen LogP) is 0.841. The van der Waals surface area contributed by atoms with Crippen LogP contribution in [-0.4, -0.2) is 28.6 Å². The number of carboxylic acid groups (broad SMARTS) is 1. The first-order chi connectivity index (χ1) is 7.74. The maximum Gasteiger partial charge on any atom is 0.332 e. The number of carbonyl (C=O) groups is 1. The molecule has 2 N–H and O–H groups in total. The molecule has 16 heavy (non-hydrogen) atoms. The van der Waals surface area contributed by atoms with Crippen LogP contribution < -0.4 is 5.32 Å². The molecule has 2 heterocycles. The number of aromatic nitrogens is 1. The standard InChI is InChI=1S/C11H12N2O2S/c14-11(15)7-1-6-2-9-10(16-5-13-9)3-8(6)12-4-7/h1,5-6,8,12H,2-4H2,(H,14,15)/t6-,8-/m0/s1. The number of carboxylic acids is 1. The van der Waals surface area contributed by atoms with Crippen LogP contribution in [0.3, 0.4) is 0 Å². The maximum absolute atomic E-state index is 10.9. The molecular formula is C11H12N2O2S. The van der Waals surface area contributed by atoms with Gasteiger partial charge in [0.2, 0.25) is 0 Å². The summed E-state index contributed by atoms with van der Waals surface area (Å²) in [5.41, 5.74) is 3.51. The van der Waals surface area contributed by atoms with E-state index in [2.05, 4.69) is 10.3 Å². The third kappa shape index (κ3) is 1.56. The molecular weight excluding hydrogens is 224 g/mol. The SMILES string of the molecule is O=C(O)C1=C[C@H]2Cc3ncsc3C[C@@H]2NC1. The lowest BCUT2D eigenvalue weighted by atomic mass is 9.82. The summed E-state index contributed by atoms with van der Waals surface area (Å²) in [7, 11) is 0. The van der Waals surface area contributed by atoms with E-state index in [1.54, 1.807) is 11.3 Å². The van der Waals surface area contributed by atoms with Gasteiger partial charge in [-0.05, 0) is 18.8 Å². The van der Waals surface area contributed by atoms with Crippen molar-refractivity contribution in [2.24, 2.45) is 5.92 Å². The lowest BCUT2D eigenvalue weighted by Crippen LogP contribution is -2.45. The van der Waals surface area contributed by atoms with Gasteiger partial charge >= 0.3 is 5.97 Å². The third-order valence-corrected chi connectivity index (χ3v) is 4.22. The molecule has 5 heteroatoms. The maximum atomic E-state index is 10.9. The molecule has 1 aromatic rings. The van der Waals surface area contributed by atoms with Crippen molar-refractivity contribution in [1.82, 2.24) is 10.3 Å². The number of rotatable bonds is 1. The van der Waals surface area contributed by atoms with Crippen molar-refractivity contribution in [2.75, 3.05) is 6.54 Å². The van der Waals surface area contributed by atoms with Gasteiger partial charge in [-0.25, -0.2) is 9.78 Å². The first kappa shape index (κ1) is 9.99.